The average Bonchev–Trinajstić information content (AvgIpc) is 2.38. The number of thiocarbonyl (C=S) groups is 1. The summed E-state index contributed by atoms with van der Waals surface area (Å²) in [4.78, 5) is 0.497. The van der Waals surface area contributed by atoms with E-state index in [1.54, 1.807) is 12.1 Å². The molecule has 1 rings (SSSR count). The summed E-state index contributed by atoms with van der Waals surface area (Å²) in [6, 6.07) is 6.27. The van der Waals surface area contributed by atoms with Gasteiger partial charge >= 0.3 is 0 Å². The summed E-state index contributed by atoms with van der Waals surface area (Å²) in [6.45, 7) is 4.01. The smallest absolute Gasteiger partial charge is 0.240 e. The average molecular weight is 300 g/mol. The summed E-state index contributed by atoms with van der Waals surface area (Å²) in [5.74, 6) is 0. The fraction of sp³-hybridized carbons (Fsp3) is 0.462. The number of sulfonamides is 1. The van der Waals surface area contributed by atoms with Crippen molar-refractivity contribution < 1.29 is 8.42 Å². The van der Waals surface area contributed by atoms with Gasteiger partial charge in [0.15, 0.2) is 0 Å². The van der Waals surface area contributed by atoms with Crippen LogP contribution in [0, 0.1) is 0 Å². The van der Waals surface area contributed by atoms with Crippen LogP contribution >= 0.6 is 12.2 Å². The molecule has 0 amide bonds. The molecule has 0 aliphatic carbocycles. The largest absolute Gasteiger partial charge is 0.389 e. The van der Waals surface area contributed by atoms with Crippen LogP contribution in [0.15, 0.2) is 29.2 Å². The van der Waals surface area contributed by atoms with E-state index in [-0.39, 0.29) is 15.9 Å². The zero-order chi connectivity index (χ0) is 14.5. The van der Waals surface area contributed by atoms with Crippen molar-refractivity contribution in [2.45, 2.75) is 44.0 Å². The van der Waals surface area contributed by atoms with Gasteiger partial charge in [-0.1, -0.05) is 44.6 Å². The van der Waals surface area contributed by atoms with E-state index >= 15 is 0 Å². The Bertz CT molecular complexity index is 524. The van der Waals surface area contributed by atoms with Crippen LogP contribution in [0.25, 0.3) is 0 Å². The number of benzene rings is 1. The maximum atomic E-state index is 12.2. The number of nitrogens with one attached hydrogen (secondary N) is 1. The Hall–Kier alpha value is -0.980. The Labute approximate surface area is 120 Å². The van der Waals surface area contributed by atoms with Crippen LogP contribution in [0.5, 0.6) is 0 Å². The van der Waals surface area contributed by atoms with Crippen LogP contribution in [0.1, 0.15) is 38.7 Å². The molecule has 1 unspecified atom stereocenters. The maximum Gasteiger partial charge on any atom is 0.240 e. The van der Waals surface area contributed by atoms with Gasteiger partial charge in [-0.2, -0.15) is 0 Å². The van der Waals surface area contributed by atoms with Crippen molar-refractivity contribution in [3.63, 3.8) is 0 Å². The maximum absolute atomic E-state index is 12.2. The second-order valence-electron chi connectivity index (χ2n) is 4.40. The summed E-state index contributed by atoms with van der Waals surface area (Å²) < 4.78 is 27.1. The molecule has 1 aromatic carbocycles. The van der Waals surface area contributed by atoms with E-state index in [1.165, 1.54) is 12.1 Å². The number of hydrogen-bond acceptors (Lipinski definition) is 3. The molecule has 0 fully saturated rings. The normalized spacial score (nSPS) is 13.2. The van der Waals surface area contributed by atoms with Gasteiger partial charge in [-0.15, -0.1) is 0 Å². The second kappa shape index (κ2) is 6.98. The van der Waals surface area contributed by atoms with E-state index in [2.05, 4.69) is 4.72 Å². The highest BCUT2D eigenvalue weighted by atomic mass is 32.2. The molecule has 0 aliphatic heterocycles. The highest BCUT2D eigenvalue weighted by molar-refractivity contribution is 7.89. The third-order valence-electron chi connectivity index (χ3n) is 2.90. The topological polar surface area (TPSA) is 72.2 Å². The molecule has 6 heteroatoms. The quantitative estimate of drug-likeness (QED) is 0.757. The first-order chi connectivity index (χ1) is 8.90. The number of nitrogens with two attached hydrogens (primary N) is 1. The molecule has 106 valence electrons. The second-order valence-corrected chi connectivity index (χ2v) is 6.56. The molecule has 0 aromatic heterocycles. The van der Waals surface area contributed by atoms with Crippen molar-refractivity contribution in [3.8, 4) is 0 Å². The summed E-state index contributed by atoms with van der Waals surface area (Å²) in [7, 11) is -3.47. The van der Waals surface area contributed by atoms with E-state index in [4.69, 9.17) is 18.0 Å². The summed E-state index contributed by atoms with van der Waals surface area (Å²) in [5.41, 5.74) is 6.14. The van der Waals surface area contributed by atoms with Gasteiger partial charge in [-0.3, -0.25) is 0 Å². The molecule has 4 nitrogen and oxygen atoms in total. The van der Waals surface area contributed by atoms with Gasteiger partial charge in [0.1, 0.15) is 4.99 Å². The Morgan fingerprint density at radius 1 is 1.32 bits per heavy atom. The van der Waals surface area contributed by atoms with Crippen molar-refractivity contribution in [1.29, 1.82) is 0 Å². The first kappa shape index (κ1) is 16.1. The Balaban J connectivity index is 2.90. The van der Waals surface area contributed by atoms with E-state index < -0.39 is 10.0 Å². The predicted octanol–water partition coefficient (Wildman–Crippen LogP) is 2.18. The molecule has 0 heterocycles. The van der Waals surface area contributed by atoms with Crippen molar-refractivity contribution >= 4 is 27.2 Å². The fourth-order valence-corrected chi connectivity index (χ4v) is 3.27. The van der Waals surface area contributed by atoms with Gasteiger partial charge in [0.05, 0.1) is 4.90 Å². The minimum absolute atomic E-state index is 0.0229. The first-order valence-electron chi connectivity index (χ1n) is 6.33. The summed E-state index contributed by atoms with van der Waals surface area (Å²) in [5, 5.41) is 0. The van der Waals surface area contributed by atoms with Crippen LogP contribution in [-0.2, 0) is 10.0 Å². The van der Waals surface area contributed by atoms with E-state index in [0.29, 0.717) is 5.56 Å². The molecular formula is C13H20N2O2S2. The fourth-order valence-electron chi connectivity index (χ4n) is 1.78. The molecule has 19 heavy (non-hydrogen) atoms. The van der Waals surface area contributed by atoms with Gasteiger partial charge in [-0.05, 0) is 25.0 Å². The third-order valence-corrected chi connectivity index (χ3v) is 4.67. The lowest BCUT2D eigenvalue weighted by atomic mass is 10.1. The standard InChI is InChI=1S/C13H20N2O2S2/c1-3-5-11(4-2)15-19(16,17)12-8-6-10(7-9-12)13(14)18/h6-9,11,15H,3-5H2,1-2H3,(H2,14,18). The van der Waals surface area contributed by atoms with Crippen LogP contribution < -0.4 is 10.5 Å². The van der Waals surface area contributed by atoms with Crippen molar-refractivity contribution in [2.24, 2.45) is 5.73 Å². The zero-order valence-corrected chi connectivity index (χ0v) is 12.9. The van der Waals surface area contributed by atoms with Gasteiger partial charge in [0.2, 0.25) is 10.0 Å². The van der Waals surface area contributed by atoms with Crippen LogP contribution in [-0.4, -0.2) is 19.4 Å². The van der Waals surface area contributed by atoms with E-state index in [0.717, 1.165) is 19.3 Å². The van der Waals surface area contributed by atoms with E-state index in [9.17, 15) is 8.42 Å². The monoisotopic (exact) mass is 300 g/mol. The minimum Gasteiger partial charge on any atom is -0.389 e. The van der Waals surface area contributed by atoms with E-state index in [1.807, 2.05) is 13.8 Å². The van der Waals surface area contributed by atoms with Gasteiger partial charge in [0.25, 0.3) is 0 Å². The molecule has 0 spiro atoms. The van der Waals surface area contributed by atoms with Crippen molar-refractivity contribution in [2.75, 3.05) is 0 Å². The lowest BCUT2D eigenvalue weighted by molar-refractivity contribution is 0.512. The molecule has 1 atom stereocenters. The molecule has 1 aromatic rings. The molecule has 0 radical (unpaired) electrons. The van der Waals surface area contributed by atoms with Gasteiger partial charge < -0.3 is 5.73 Å². The molecular weight excluding hydrogens is 280 g/mol. The third kappa shape index (κ3) is 4.56. The van der Waals surface area contributed by atoms with Gasteiger partial charge in [-0.25, -0.2) is 13.1 Å². The lowest BCUT2D eigenvalue weighted by Crippen LogP contribution is -2.34. The summed E-state index contributed by atoms with van der Waals surface area (Å²) >= 11 is 4.83. The lowest BCUT2D eigenvalue weighted by Gasteiger charge is -2.16. The van der Waals surface area contributed by atoms with Crippen LogP contribution in [0.3, 0.4) is 0 Å². The summed E-state index contributed by atoms with van der Waals surface area (Å²) in [6.07, 6.45) is 2.56. The molecule has 0 bridgehead atoms. The predicted molar refractivity (Wildman–Crippen MR) is 81.6 cm³/mol. The number of rotatable bonds is 7. The first-order valence-corrected chi connectivity index (χ1v) is 8.22. The van der Waals surface area contributed by atoms with Crippen molar-refractivity contribution in [1.82, 2.24) is 4.72 Å². The highest BCUT2D eigenvalue weighted by Gasteiger charge is 2.18. The zero-order valence-electron chi connectivity index (χ0n) is 11.2. The Morgan fingerprint density at radius 2 is 1.89 bits per heavy atom. The Morgan fingerprint density at radius 3 is 2.32 bits per heavy atom. The van der Waals surface area contributed by atoms with Crippen molar-refractivity contribution in [3.05, 3.63) is 29.8 Å². The molecule has 3 N–H and O–H groups in total. The molecule has 0 saturated carbocycles. The van der Waals surface area contributed by atoms with Crippen LogP contribution in [0.4, 0.5) is 0 Å². The number of hydrogen-bond donors (Lipinski definition) is 2. The SMILES string of the molecule is CCCC(CC)NS(=O)(=O)c1ccc(C(N)=S)cc1. The Kier molecular flexibility index (Phi) is 5.90. The minimum atomic E-state index is -3.47. The molecule has 0 aliphatic rings. The highest BCUT2D eigenvalue weighted by Crippen LogP contribution is 2.13. The van der Waals surface area contributed by atoms with Gasteiger partial charge in [0, 0.05) is 11.6 Å². The van der Waals surface area contributed by atoms with Crippen LogP contribution in [0.2, 0.25) is 0 Å². The molecule has 0 saturated heterocycles.